The van der Waals surface area contributed by atoms with Crippen molar-refractivity contribution in [2.75, 3.05) is 6.61 Å². The van der Waals surface area contributed by atoms with Gasteiger partial charge in [0.1, 0.15) is 6.61 Å². The lowest BCUT2D eigenvalue weighted by Gasteiger charge is -2.12. The van der Waals surface area contributed by atoms with E-state index in [4.69, 9.17) is 9.47 Å². The van der Waals surface area contributed by atoms with E-state index < -0.39 is 0 Å². The molecule has 0 N–H and O–H groups in total. The maximum atomic E-state index is 11.1. The Balaban J connectivity index is 2.19. The van der Waals surface area contributed by atoms with Crippen LogP contribution in [0.15, 0.2) is 24.4 Å². The molecule has 0 bridgehead atoms. The summed E-state index contributed by atoms with van der Waals surface area (Å²) in [4.78, 5) is 16.2. The van der Waals surface area contributed by atoms with Crippen LogP contribution in [0.2, 0.25) is 0 Å². The molecule has 0 saturated heterocycles. The number of hydrogen-bond donors (Lipinski definition) is 0. The van der Waals surface area contributed by atoms with E-state index in [2.05, 4.69) is 4.98 Å². The molecule has 0 aliphatic heterocycles. The zero-order valence-electron chi connectivity index (χ0n) is 10.9. The molecule has 19 heavy (non-hydrogen) atoms. The minimum atomic E-state index is 0.385. The standard InChI is InChI=1S/C14H15NO3S/c1-3-17-13-6-4-5-11(8-16)14(13)18-9-12-7-15-10(2)19-12/h4-8H,3,9H2,1-2H3. The Labute approximate surface area is 116 Å². The third-order valence-electron chi connectivity index (χ3n) is 2.46. The first kappa shape index (κ1) is 13.5. The highest BCUT2D eigenvalue weighted by Gasteiger charge is 2.11. The summed E-state index contributed by atoms with van der Waals surface area (Å²) >= 11 is 1.57. The summed E-state index contributed by atoms with van der Waals surface area (Å²) in [5, 5.41) is 0.993. The summed E-state index contributed by atoms with van der Waals surface area (Å²) in [7, 11) is 0. The third kappa shape index (κ3) is 3.32. The van der Waals surface area contributed by atoms with Crippen molar-refractivity contribution in [1.82, 2.24) is 4.98 Å². The first-order valence-electron chi connectivity index (χ1n) is 5.99. The fourth-order valence-corrected chi connectivity index (χ4v) is 2.37. The van der Waals surface area contributed by atoms with Crippen molar-refractivity contribution in [1.29, 1.82) is 0 Å². The normalized spacial score (nSPS) is 10.2. The minimum absolute atomic E-state index is 0.385. The minimum Gasteiger partial charge on any atom is -0.490 e. The number of aldehydes is 1. The van der Waals surface area contributed by atoms with Crippen LogP contribution in [-0.4, -0.2) is 17.9 Å². The van der Waals surface area contributed by atoms with Gasteiger partial charge in [0.05, 0.1) is 22.1 Å². The van der Waals surface area contributed by atoms with Gasteiger partial charge < -0.3 is 9.47 Å². The van der Waals surface area contributed by atoms with E-state index >= 15 is 0 Å². The second-order valence-electron chi connectivity index (χ2n) is 3.86. The molecule has 1 aromatic carbocycles. The van der Waals surface area contributed by atoms with Crippen molar-refractivity contribution in [3.8, 4) is 11.5 Å². The van der Waals surface area contributed by atoms with Gasteiger partial charge in [0, 0.05) is 6.20 Å². The van der Waals surface area contributed by atoms with Crippen LogP contribution in [0.5, 0.6) is 11.5 Å². The summed E-state index contributed by atoms with van der Waals surface area (Å²) in [6.07, 6.45) is 2.56. The van der Waals surface area contributed by atoms with Crippen LogP contribution in [-0.2, 0) is 6.61 Å². The lowest BCUT2D eigenvalue weighted by Crippen LogP contribution is -2.01. The summed E-state index contributed by atoms with van der Waals surface area (Å²) in [6.45, 7) is 4.75. The van der Waals surface area contributed by atoms with Crippen LogP contribution in [0.25, 0.3) is 0 Å². The van der Waals surface area contributed by atoms with Crippen molar-refractivity contribution in [2.45, 2.75) is 20.5 Å². The molecule has 0 aliphatic carbocycles. The van der Waals surface area contributed by atoms with Crippen molar-refractivity contribution in [2.24, 2.45) is 0 Å². The summed E-state index contributed by atoms with van der Waals surface area (Å²) in [5.74, 6) is 1.08. The largest absolute Gasteiger partial charge is 0.490 e. The number of carbonyl (C=O) groups excluding carboxylic acids is 1. The lowest BCUT2D eigenvalue weighted by molar-refractivity contribution is 0.111. The Hall–Kier alpha value is -1.88. The Morgan fingerprint density at radius 1 is 1.37 bits per heavy atom. The Morgan fingerprint density at radius 3 is 2.84 bits per heavy atom. The first-order valence-corrected chi connectivity index (χ1v) is 6.81. The molecule has 0 atom stereocenters. The summed E-state index contributed by atoms with van der Waals surface area (Å²) < 4.78 is 11.2. The van der Waals surface area contributed by atoms with Gasteiger partial charge >= 0.3 is 0 Å². The maximum absolute atomic E-state index is 11.1. The fourth-order valence-electron chi connectivity index (χ4n) is 1.66. The Morgan fingerprint density at radius 2 is 2.21 bits per heavy atom. The predicted molar refractivity (Wildman–Crippen MR) is 74.2 cm³/mol. The number of aryl methyl sites for hydroxylation is 1. The van der Waals surface area contributed by atoms with E-state index in [1.807, 2.05) is 13.8 Å². The first-order chi connectivity index (χ1) is 9.24. The number of thiazole rings is 1. The molecule has 100 valence electrons. The quantitative estimate of drug-likeness (QED) is 0.760. The SMILES string of the molecule is CCOc1cccc(C=O)c1OCc1cnc(C)s1. The van der Waals surface area contributed by atoms with E-state index in [-0.39, 0.29) is 0 Å². The van der Waals surface area contributed by atoms with Gasteiger partial charge in [-0.1, -0.05) is 6.07 Å². The second kappa shape index (κ2) is 6.33. The van der Waals surface area contributed by atoms with Gasteiger partial charge in [0.25, 0.3) is 0 Å². The maximum Gasteiger partial charge on any atom is 0.172 e. The molecule has 2 aromatic rings. The molecular weight excluding hydrogens is 262 g/mol. The van der Waals surface area contributed by atoms with Gasteiger partial charge in [0.2, 0.25) is 0 Å². The zero-order valence-corrected chi connectivity index (χ0v) is 11.7. The van der Waals surface area contributed by atoms with Crippen LogP contribution >= 0.6 is 11.3 Å². The molecule has 2 rings (SSSR count). The summed E-state index contributed by atoms with van der Waals surface area (Å²) in [6, 6.07) is 5.28. The Bertz CT molecular complexity index is 566. The number of ether oxygens (including phenoxy) is 2. The molecule has 4 nitrogen and oxygen atoms in total. The molecule has 0 unspecified atom stereocenters. The molecule has 0 aliphatic rings. The zero-order chi connectivity index (χ0) is 13.7. The molecule has 1 heterocycles. The van der Waals surface area contributed by atoms with E-state index in [0.717, 1.165) is 16.2 Å². The number of carbonyl (C=O) groups is 1. The molecular formula is C14H15NO3S. The highest BCUT2D eigenvalue weighted by molar-refractivity contribution is 7.11. The monoisotopic (exact) mass is 277 g/mol. The number of benzene rings is 1. The second-order valence-corrected chi connectivity index (χ2v) is 5.18. The van der Waals surface area contributed by atoms with Crippen LogP contribution in [0.1, 0.15) is 27.2 Å². The average Bonchev–Trinajstić information content (AvgIpc) is 2.83. The van der Waals surface area contributed by atoms with E-state index in [9.17, 15) is 4.79 Å². The smallest absolute Gasteiger partial charge is 0.172 e. The van der Waals surface area contributed by atoms with Crippen molar-refractivity contribution in [3.05, 3.63) is 39.8 Å². The highest BCUT2D eigenvalue weighted by Crippen LogP contribution is 2.31. The molecule has 0 radical (unpaired) electrons. The highest BCUT2D eigenvalue weighted by atomic mass is 32.1. The van der Waals surface area contributed by atoms with Gasteiger partial charge in [-0.25, -0.2) is 4.98 Å². The van der Waals surface area contributed by atoms with E-state index in [0.29, 0.717) is 30.3 Å². The third-order valence-corrected chi connectivity index (χ3v) is 3.35. The topological polar surface area (TPSA) is 48.4 Å². The van der Waals surface area contributed by atoms with E-state index in [1.54, 1.807) is 35.7 Å². The van der Waals surface area contributed by atoms with Gasteiger partial charge in [-0.05, 0) is 26.0 Å². The van der Waals surface area contributed by atoms with Crippen LogP contribution in [0.4, 0.5) is 0 Å². The molecule has 0 fully saturated rings. The lowest BCUT2D eigenvalue weighted by atomic mass is 10.2. The van der Waals surface area contributed by atoms with Gasteiger partial charge in [-0.15, -0.1) is 11.3 Å². The van der Waals surface area contributed by atoms with E-state index in [1.165, 1.54) is 0 Å². The van der Waals surface area contributed by atoms with Crippen LogP contribution in [0.3, 0.4) is 0 Å². The predicted octanol–water partition coefficient (Wildman–Crippen LogP) is 3.24. The van der Waals surface area contributed by atoms with Gasteiger partial charge in [-0.3, -0.25) is 4.79 Å². The molecule has 5 heteroatoms. The van der Waals surface area contributed by atoms with Crippen molar-refractivity contribution < 1.29 is 14.3 Å². The fraction of sp³-hybridized carbons (Fsp3) is 0.286. The average molecular weight is 277 g/mol. The van der Waals surface area contributed by atoms with Gasteiger partial charge in [-0.2, -0.15) is 0 Å². The molecule has 0 amide bonds. The Kier molecular flexibility index (Phi) is 4.52. The number of hydrogen-bond acceptors (Lipinski definition) is 5. The van der Waals surface area contributed by atoms with Gasteiger partial charge in [0.15, 0.2) is 17.8 Å². The van der Waals surface area contributed by atoms with Crippen LogP contribution < -0.4 is 9.47 Å². The van der Waals surface area contributed by atoms with Crippen molar-refractivity contribution in [3.63, 3.8) is 0 Å². The number of rotatable bonds is 6. The number of nitrogens with zero attached hydrogens (tertiary/aromatic N) is 1. The number of aromatic nitrogens is 1. The van der Waals surface area contributed by atoms with Crippen LogP contribution in [0, 0.1) is 6.92 Å². The molecule has 0 saturated carbocycles. The van der Waals surface area contributed by atoms with Crippen molar-refractivity contribution >= 4 is 17.6 Å². The molecule has 1 aromatic heterocycles. The number of para-hydroxylation sites is 1. The molecule has 0 spiro atoms. The summed E-state index contributed by atoms with van der Waals surface area (Å²) in [5.41, 5.74) is 0.493.